The molecule has 0 aliphatic heterocycles. The van der Waals surface area contributed by atoms with Crippen molar-refractivity contribution in [2.24, 2.45) is 0 Å². The third-order valence-corrected chi connectivity index (χ3v) is 3.88. The van der Waals surface area contributed by atoms with Gasteiger partial charge in [-0.25, -0.2) is 13.8 Å². The summed E-state index contributed by atoms with van der Waals surface area (Å²) in [4.78, 5) is 3.89. The Morgan fingerprint density at radius 1 is 1.35 bits per heavy atom. The van der Waals surface area contributed by atoms with E-state index in [1.165, 1.54) is 0 Å². The molecule has 0 atom stereocenters. The van der Waals surface area contributed by atoms with Crippen LogP contribution in [0.2, 0.25) is 0 Å². The number of rotatable bonds is 3. The minimum Gasteiger partial charge on any atom is -0.392 e. The molecule has 2 rings (SSSR count). The normalized spacial score (nSPS) is 10.8. The Hall–Kier alpha value is -1.05. The van der Waals surface area contributed by atoms with Crippen molar-refractivity contribution in [1.82, 2.24) is 9.36 Å². The van der Waals surface area contributed by atoms with Crippen molar-refractivity contribution in [1.29, 1.82) is 0 Å². The van der Waals surface area contributed by atoms with Crippen LogP contribution in [0.25, 0.3) is 0 Å². The summed E-state index contributed by atoms with van der Waals surface area (Å²) in [6, 6.07) is 2.22. The molecule has 1 N–H and O–H groups in total. The van der Waals surface area contributed by atoms with Crippen molar-refractivity contribution in [2.75, 3.05) is 0 Å². The molecule has 0 aliphatic rings. The molecule has 1 aromatic carbocycles. The molecule has 2 aromatic rings. The highest BCUT2D eigenvalue weighted by Gasteiger charge is 2.14. The van der Waals surface area contributed by atoms with Gasteiger partial charge in [0.25, 0.3) is 0 Å². The average molecular weight is 274 g/mol. The van der Waals surface area contributed by atoms with Crippen molar-refractivity contribution in [2.45, 2.75) is 22.8 Å². The minimum absolute atomic E-state index is 0.127. The third kappa shape index (κ3) is 2.80. The number of aromatic nitrogens is 2. The van der Waals surface area contributed by atoms with E-state index in [1.54, 1.807) is 6.92 Å². The van der Waals surface area contributed by atoms with Crippen molar-refractivity contribution in [3.8, 4) is 0 Å². The summed E-state index contributed by atoms with van der Waals surface area (Å²) in [7, 11) is 0. The van der Waals surface area contributed by atoms with Crippen molar-refractivity contribution in [3.05, 3.63) is 35.2 Å². The molecule has 7 heteroatoms. The van der Waals surface area contributed by atoms with Gasteiger partial charge in [-0.2, -0.15) is 4.37 Å². The molecule has 0 saturated heterocycles. The van der Waals surface area contributed by atoms with Crippen LogP contribution in [0.5, 0.6) is 0 Å². The van der Waals surface area contributed by atoms with E-state index in [9.17, 15) is 8.78 Å². The standard InChI is InChI=1S/C10H8F2N2OS2/c1-5-13-10(17-14-5)16-9-7(11)2-6(4-15)3-8(9)12/h2-3,15H,4H2,1H3. The first-order valence-corrected chi connectivity index (χ1v) is 6.26. The Kier molecular flexibility index (Phi) is 3.70. The lowest BCUT2D eigenvalue weighted by atomic mass is 10.2. The maximum atomic E-state index is 13.6. The van der Waals surface area contributed by atoms with E-state index in [2.05, 4.69) is 9.36 Å². The van der Waals surface area contributed by atoms with E-state index < -0.39 is 18.2 Å². The molecular weight excluding hydrogens is 266 g/mol. The maximum Gasteiger partial charge on any atom is 0.175 e. The van der Waals surface area contributed by atoms with Crippen LogP contribution < -0.4 is 0 Å². The fourth-order valence-corrected chi connectivity index (χ4v) is 2.81. The summed E-state index contributed by atoms with van der Waals surface area (Å²) in [5.74, 6) is -0.830. The average Bonchev–Trinajstić information content (AvgIpc) is 2.69. The first-order valence-electron chi connectivity index (χ1n) is 4.67. The van der Waals surface area contributed by atoms with Crippen LogP contribution in [-0.2, 0) is 6.61 Å². The highest BCUT2D eigenvalue weighted by Crippen LogP contribution is 2.33. The zero-order chi connectivity index (χ0) is 12.4. The summed E-state index contributed by atoms with van der Waals surface area (Å²) >= 11 is 1.99. The largest absolute Gasteiger partial charge is 0.392 e. The summed E-state index contributed by atoms with van der Waals surface area (Å²) < 4.78 is 31.6. The Morgan fingerprint density at radius 3 is 2.47 bits per heavy atom. The van der Waals surface area contributed by atoms with E-state index in [4.69, 9.17) is 5.11 Å². The van der Waals surface area contributed by atoms with Crippen LogP contribution in [0.15, 0.2) is 21.4 Å². The smallest absolute Gasteiger partial charge is 0.175 e. The number of hydrogen-bond donors (Lipinski definition) is 1. The molecule has 1 heterocycles. The maximum absolute atomic E-state index is 13.6. The lowest BCUT2D eigenvalue weighted by Crippen LogP contribution is -1.92. The van der Waals surface area contributed by atoms with Crippen LogP contribution in [-0.4, -0.2) is 14.5 Å². The zero-order valence-corrected chi connectivity index (χ0v) is 10.4. The Morgan fingerprint density at radius 2 is 2.00 bits per heavy atom. The van der Waals surface area contributed by atoms with E-state index in [1.807, 2.05) is 0 Å². The van der Waals surface area contributed by atoms with Crippen LogP contribution in [0, 0.1) is 18.6 Å². The van der Waals surface area contributed by atoms with E-state index >= 15 is 0 Å². The SMILES string of the molecule is Cc1nsc(Sc2c(F)cc(CO)cc2F)n1. The summed E-state index contributed by atoms with van der Waals surface area (Å²) in [5.41, 5.74) is 0.206. The number of hydrogen-bond acceptors (Lipinski definition) is 5. The predicted molar refractivity (Wildman–Crippen MR) is 61.0 cm³/mol. The van der Waals surface area contributed by atoms with Gasteiger partial charge in [0.1, 0.15) is 17.5 Å². The monoisotopic (exact) mass is 274 g/mol. The lowest BCUT2D eigenvalue weighted by molar-refractivity contribution is 0.280. The molecule has 0 radical (unpaired) electrons. The highest BCUT2D eigenvalue weighted by atomic mass is 32.2. The van der Waals surface area contributed by atoms with E-state index in [0.29, 0.717) is 10.2 Å². The quantitative estimate of drug-likeness (QED) is 0.935. The Balaban J connectivity index is 2.33. The number of aliphatic hydroxyl groups is 1. The van der Waals surface area contributed by atoms with Crippen molar-refractivity contribution >= 4 is 23.3 Å². The van der Waals surface area contributed by atoms with Crippen molar-refractivity contribution in [3.63, 3.8) is 0 Å². The fraction of sp³-hybridized carbons (Fsp3) is 0.200. The Bertz CT molecular complexity index is 522. The number of aliphatic hydroxyl groups excluding tert-OH is 1. The number of benzene rings is 1. The second-order valence-corrected chi connectivity index (χ2v) is 5.27. The van der Waals surface area contributed by atoms with Crippen LogP contribution >= 0.6 is 23.3 Å². The van der Waals surface area contributed by atoms with Gasteiger partial charge >= 0.3 is 0 Å². The minimum atomic E-state index is -0.702. The van der Waals surface area contributed by atoms with Crippen LogP contribution in [0.3, 0.4) is 0 Å². The molecule has 90 valence electrons. The third-order valence-electron chi connectivity index (χ3n) is 1.94. The molecular formula is C10H8F2N2OS2. The van der Waals surface area contributed by atoms with Gasteiger partial charge in [0, 0.05) is 0 Å². The van der Waals surface area contributed by atoms with Gasteiger partial charge < -0.3 is 5.11 Å². The summed E-state index contributed by atoms with van der Waals surface area (Å²) in [6.45, 7) is 1.32. The van der Waals surface area contributed by atoms with Gasteiger partial charge in [0.15, 0.2) is 4.34 Å². The van der Waals surface area contributed by atoms with Gasteiger partial charge in [-0.05, 0) is 36.2 Å². The second-order valence-electron chi connectivity index (χ2n) is 3.26. The van der Waals surface area contributed by atoms with Gasteiger partial charge in [-0.3, -0.25) is 0 Å². The molecule has 0 amide bonds. The fourth-order valence-electron chi connectivity index (χ4n) is 1.21. The highest BCUT2D eigenvalue weighted by molar-refractivity contribution is 8.01. The topological polar surface area (TPSA) is 46.0 Å². The van der Waals surface area contributed by atoms with Gasteiger partial charge in [-0.1, -0.05) is 11.8 Å². The number of nitrogens with zero attached hydrogens (tertiary/aromatic N) is 2. The second kappa shape index (κ2) is 5.07. The van der Waals surface area contributed by atoms with E-state index in [0.717, 1.165) is 35.4 Å². The molecule has 17 heavy (non-hydrogen) atoms. The zero-order valence-electron chi connectivity index (χ0n) is 8.78. The lowest BCUT2D eigenvalue weighted by Gasteiger charge is -2.04. The first kappa shape index (κ1) is 12.4. The van der Waals surface area contributed by atoms with Gasteiger partial charge in [0.2, 0.25) is 0 Å². The molecule has 0 unspecified atom stereocenters. The molecule has 0 spiro atoms. The molecule has 1 aromatic heterocycles. The molecule has 0 fully saturated rings. The summed E-state index contributed by atoms with van der Waals surface area (Å²) in [5, 5.41) is 8.81. The van der Waals surface area contributed by atoms with Crippen molar-refractivity contribution < 1.29 is 13.9 Å². The summed E-state index contributed by atoms with van der Waals surface area (Å²) in [6.07, 6.45) is 0. The molecule has 0 saturated carbocycles. The van der Waals surface area contributed by atoms with Gasteiger partial charge in [-0.15, -0.1) is 0 Å². The number of aryl methyl sites for hydroxylation is 1. The Labute approximate surface area is 105 Å². The number of halogens is 2. The molecule has 0 aliphatic carbocycles. The van der Waals surface area contributed by atoms with Gasteiger partial charge in [0.05, 0.1) is 11.5 Å². The predicted octanol–water partition coefficient (Wildman–Crippen LogP) is 2.77. The van der Waals surface area contributed by atoms with E-state index in [-0.39, 0.29) is 10.5 Å². The first-order chi connectivity index (χ1) is 8.10. The molecule has 3 nitrogen and oxygen atoms in total. The van der Waals surface area contributed by atoms with Crippen LogP contribution in [0.4, 0.5) is 8.78 Å². The van der Waals surface area contributed by atoms with Crippen LogP contribution in [0.1, 0.15) is 11.4 Å². The molecule has 0 bridgehead atoms.